The Bertz CT molecular complexity index is 748. The summed E-state index contributed by atoms with van der Waals surface area (Å²) in [6, 6.07) is 4.30. The van der Waals surface area contributed by atoms with Crippen molar-refractivity contribution in [2.75, 3.05) is 6.61 Å². The van der Waals surface area contributed by atoms with Crippen molar-refractivity contribution in [3.63, 3.8) is 0 Å². The highest BCUT2D eigenvalue weighted by Gasteiger charge is 2.25. The molecule has 0 spiro atoms. The van der Waals surface area contributed by atoms with Crippen LogP contribution in [0.5, 0.6) is 5.75 Å². The van der Waals surface area contributed by atoms with E-state index in [-0.39, 0.29) is 28.1 Å². The van der Waals surface area contributed by atoms with E-state index < -0.39 is 5.82 Å². The molecule has 1 unspecified atom stereocenters. The molecule has 3 rings (SSSR count). The van der Waals surface area contributed by atoms with Gasteiger partial charge in [0.15, 0.2) is 6.23 Å². The standard InChI is InChI=1S/C15H13ClFN3O2/c16-10-7-11(17)9(8-18)14(15(10)21)12-4-5-19-20(12)13-3-1-2-6-22-13/h4-5,7,13,21H,1-3,6H2. The maximum absolute atomic E-state index is 14.0. The first kappa shape index (κ1) is 14.8. The number of halogens is 2. The first-order valence-electron chi connectivity index (χ1n) is 6.90. The fourth-order valence-electron chi connectivity index (χ4n) is 2.63. The molecular weight excluding hydrogens is 309 g/mol. The summed E-state index contributed by atoms with van der Waals surface area (Å²) in [5.41, 5.74) is 0.181. The van der Waals surface area contributed by atoms with Crippen molar-refractivity contribution in [3.05, 3.63) is 34.7 Å². The summed E-state index contributed by atoms with van der Waals surface area (Å²) in [5.74, 6) is -1.12. The molecule has 0 bridgehead atoms. The quantitative estimate of drug-likeness (QED) is 0.917. The average Bonchev–Trinajstić information content (AvgIpc) is 3.00. The minimum atomic E-state index is -0.780. The van der Waals surface area contributed by atoms with Gasteiger partial charge in [-0.05, 0) is 31.4 Å². The molecule has 5 nitrogen and oxygen atoms in total. The van der Waals surface area contributed by atoms with E-state index in [9.17, 15) is 14.8 Å². The highest BCUT2D eigenvalue weighted by atomic mass is 35.5. The van der Waals surface area contributed by atoms with Crippen LogP contribution in [-0.2, 0) is 4.74 Å². The van der Waals surface area contributed by atoms with E-state index in [0.29, 0.717) is 12.3 Å². The molecule has 1 saturated heterocycles. The van der Waals surface area contributed by atoms with Gasteiger partial charge in [-0.1, -0.05) is 11.6 Å². The second kappa shape index (κ2) is 5.95. The summed E-state index contributed by atoms with van der Waals surface area (Å²) in [6.45, 7) is 0.616. The molecule has 2 heterocycles. The number of benzene rings is 1. The number of hydrogen-bond acceptors (Lipinski definition) is 4. The van der Waals surface area contributed by atoms with E-state index in [2.05, 4.69) is 5.10 Å². The molecule has 1 aliphatic heterocycles. The van der Waals surface area contributed by atoms with Gasteiger partial charge in [-0.3, -0.25) is 0 Å². The first-order chi connectivity index (χ1) is 10.6. The van der Waals surface area contributed by atoms with Gasteiger partial charge < -0.3 is 9.84 Å². The highest BCUT2D eigenvalue weighted by molar-refractivity contribution is 6.32. The third-order valence-electron chi connectivity index (χ3n) is 3.67. The Morgan fingerprint density at radius 2 is 2.32 bits per heavy atom. The van der Waals surface area contributed by atoms with Crippen LogP contribution in [-0.4, -0.2) is 21.5 Å². The van der Waals surface area contributed by atoms with Gasteiger partial charge in [-0.15, -0.1) is 0 Å². The van der Waals surface area contributed by atoms with Crippen LogP contribution in [0.4, 0.5) is 4.39 Å². The lowest BCUT2D eigenvalue weighted by Crippen LogP contribution is -2.20. The van der Waals surface area contributed by atoms with Crippen LogP contribution in [0.25, 0.3) is 11.3 Å². The van der Waals surface area contributed by atoms with E-state index in [0.717, 1.165) is 25.3 Å². The van der Waals surface area contributed by atoms with Crippen molar-refractivity contribution < 1.29 is 14.2 Å². The summed E-state index contributed by atoms with van der Waals surface area (Å²) >= 11 is 5.84. The zero-order chi connectivity index (χ0) is 15.7. The topological polar surface area (TPSA) is 71.1 Å². The van der Waals surface area contributed by atoms with Crippen LogP contribution in [0.15, 0.2) is 18.3 Å². The molecule has 7 heteroatoms. The number of hydrogen-bond donors (Lipinski definition) is 1. The summed E-state index contributed by atoms with van der Waals surface area (Å²) in [6.07, 6.45) is 3.96. The van der Waals surface area contributed by atoms with Crippen LogP contribution in [0.1, 0.15) is 31.1 Å². The fraction of sp³-hybridized carbons (Fsp3) is 0.333. The van der Waals surface area contributed by atoms with Gasteiger partial charge in [0, 0.05) is 12.8 Å². The normalized spacial score (nSPS) is 18.1. The van der Waals surface area contributed by atoms with Gasteiger partial charge in [0.2, 0.25) is 0 Å². The predicted octanol–water partition coefficient (Wildman–Crippen LogP) is 3.62. The second-order valence-electron chi connectivity index (χ2n) is 5.03. The minimum absolute atomic E-state index is 0.0409. The predicted molar refractivity (Wildman–Crippen MR) is 77.9 cm³/mol. The number of rotatable bonds is 2. The van der Waals surface area contributed by atoms with Gasteiger partial charge in [-0.25, -0.2) is 9.07 Å². The lowest BCUT2D eigenvalue weighted by atomic mass is 10.0. The second-order valence-corrected chi connectivity index (χ2v) is 5.44. The van der Waals surface area contributed by atoms with Crippen LogP contribution in [0, 0.1) is 17.1 Å². The van der Waals surface area contributed by atoms with Crippen LogP contribution in [0.2, 0.25) is 5.02 Å². The van der Waals surface area contributed by atoms with E-state index in [1.807, 2.05) is 0 Å². The smallest absolute Gasteiger partial charge is 0.150 e. The molecular formula is C15H13ClFN3O2. The van der Waals surface area contributed by atoms with Crippen molar-refractivity contribution in [2.45, 2.75) is 25.5 Å². The lowest BCUT2D eigenvalue weighted by Gasteiger charge is -2.25. The minimum Gasteiger partial charge on any atom is -0.506 e. The van der Waals surface area contributed by atoms with E-state index in [1.54, 1.807) is 16.8 Å². The van der Waals surface area contributed by atoms with Gasteiger partial charge in [0.25, 0.3) is 0 Å². The average molecular weight is 322 g/mol. The largest absolute Gasteiger partial charge is 0.506 e. The molecule has 114 valence electrons. The number of ether oxygens (including phenoxy) is 1. The monoisotopic (exact) mass is 321 g/mol. The number of phenols is 1. The molecule has 0 aliphatic carbocycles. The fourth-order valence-corrected chi connectivity index (χ4v) is 2.82. The van der Waals surface area contributed by atoms with Crippen molar-refractivity contribution in [1.82, 2.24) is 9.78 Å². The van der Waals surface area contributed by atoms with Crippen LogP contribution >= 0.6 is 11.6 Å². The van der Waals surface area contributed by atoms with Crippen molar-refractivity contribution in [2.24, 2.45) is 0 Å². The van der Waals surface area contributed by atoms with Crippen molar-refractivity contribution in [1.29, 1.82) is 5.26 Å². The van der Waals surface area contributed by atoms with E-state index in [4.69, 9.17) is 16.3 Å². The molecule has 0 saturated carbocycles. The van der Waals surface area contributed by atoms with Crippen LogP contribution < -0.4 is 0 Å². The number of aromatic nitrogens is 2. The Morgan fingerprint density at radius 3 is 3.00 bits per heavy atom. The molecule has 2 aromatic rings. The summed E-state index contributed by atoms with van der Waals surface area (Å²) in [5, 5.41) is 23.5. The van der Waals surface area contributed by atoms with Gasteiger partial charge in [-0.2, -0.15) is 10.4 Å². The van der Waals surface area contributed by atoms with Crippen molar-refractivity contribution >= 4 is 11.6 Å². The number of aromatic hydroxyl groups is 1. The highest BCUT2D eigenvalue weighted by Crippen LogP contribution is 2.40. The summed E-state index contributed by atoms with van der Waals surface area (Å²) < 4.78 is 21.2. The Kier molecular flexibility index (Phi) is 4.01. The SMILES string of the molecule is N#Cc1c(F)cc(Cl)c(O)c1-c1ccnn1C1CCCCO1. The zero-order valence-electron chi connectivity index (χ0n) is 11.6. The van der Waals surface area contributed by atoms with Crippen molar-refractivity contribution in [3.8, 4) is 23.1 Å². The van der Waals surface area contributed by atoms with E-state index in [1.165, 1.54) is 6.20 Å². The van der Waals surface area contributed by atoms with Crippen LogP contribution in [0.3, 0.4) is 0 Å². The third kappa shape index (κ3) is 2.43. The summed E-state index contributed by atoms with van der Waals surface area (Å²) in [4.78, 5) is 0. The first-order valence-corrected chi connectivity index (χ1v) is 7.28. The molecule has 1 aromatic carbocycles. The Hall–Kier alpha value is -2.10. The maximum atomic E-state index is 14.0. The van der Waals surface area contributed by atoms with Gasteiger partial charge >= 0.3 is 0 Å². The molecule has 1 atom stereocenters. The van der Waals surface area contributed by atoms with Gasteiger partial charge in [0.05, 0.1) is 16.3 Å². The molecule has 1 aromatic heterocycles. The Morgan fingerprint density at radius 1 is 1.50 bits per heavy atom. The lowest BCUT2D eigenvalue weighted by molar-refractivity contribution is -0.0383. The number of nitriles is 1. The third-order valence-corrected chi connectivity index (χ3v) is 3.96. The Balaban J connectivity index is 2.17. The molecule has 0 radical (unpaired) electrons. The molecule has 22 heavy (non-hydrogen) atoms. The van der Waals surface area contributed by atoms with Gasteiger partial charge in [0.1, 0.15) is 23.2 Å². The zero-order valence-corrected chi connectivity index (χ0v) is 12.3. The molecule has 0 amide bonds. The Labute approximate surface area is 131 Å². The number of phenolic OH excluding ortho intramolecular Hbond substituents is 1. The van der Waals surface area contributed by atoms with E-state index >= 15 is 0 Å². The summed E-state index contributed by atoms with van der Waals surface area (Å²) in [7, 11) is 0. The molecule has 1 fully saturated rings. The molecule has 1 aliphatic rings. The maximum Gasteiger partial charge on any atom is 0.150 e. The number of nitrogens with zero attached hydrogens (tertiary/aromatic N) is 3. The molecule has 1 N–H and O–H groups in total.